The molecule has 1 unspecified atom stereocenters. The molecule has 6 nitrogen and oxygen atoms in total. The number of nitrogens with one attached hydrogen (secondary N) is 1. The molecule has 0 aliphatic heterocycles. The Morgan fingerprint density at radius 2 is 2.26 bits per heavy atom. The van der Waals surface area contributed by atoms with Crippen molar-refractivity contribution >= 4 is 17.6 Å². The third kappa shape index (κ3) is 3.76. The number of nitrogens with two attached hydrogens (primary N) is 1. The molecule has 0 aromatic heterocycles. The van der Waals surface area contributed by atoms with Crippen LogP contribution in [0.5, 0.6) is 0 Å². The first kappa shape index (κ1) is 14.6. The molecule has 0 saturated heterocycles. The monoisotopic (exact) mass is 265 g/mol. The average Bonchev–Trinajstić information content (AvgIpc) is 2.40. The predicted molar refractivity (Wildman–Crippen MR) is 64.4 cm³/mol. The van der Waals surface area contributed by atoms with Crippen LogP contribution in [0, 0.1) is 17.1 Å². The molecule has 0 saturated carbocycles. The first-order valence-electron chi connectivity index (χ1n) is 5.42. The minimum absolute atomic E-state index is 0.106. The third-order valence-corrected chi connectivity index (χ3v) is 2.18. The summed E-state index contributed by atoms with van der Waals surface area (Å²) in [6, 6.07) is 3.59. The number of halogens is 1. The molecular formula is C12H12FN3O3. The molecule has 1 rings (SSSR count). The number of benzene rings is 1. The SMILES string of the molecule is CCOC(=O)C(N)C(=O)Nc1ccc(F)c(C#N)c1. The topological polar surface area (TPSA) is 105 Å². The molecule has 3 N–H and O–H groups in total. The maximum absolute atomic E-state index is 13.1. The second kappa shape index (κ2) is 6.47. The van der Waals surface area contributed by atoms with Crippen molar-refractivity contribution in [1.29, 1.82) is 5.26 Å². The second-order valence-electron chi connectivity index (χ2n) is 3.53. The number of nitriles is 1. The lowest BCUT2D eigenvalue weighted by atomic mass is 10.2. The molecule has 1 amide bonds. The van der Waals surface area contributed by atoms with E-state index in [0.29, 0.717) is 0 Å². The molecule has 1 aromatic carbocycles. The number of rotatable bonds is 4. The van der Waals surface area contributed by atoms with E-state index in [1.54, 1.807) is 13.0 Å². The summed E-state index contributed by atoms with van der Waals surface area (Å²) in [5.74, 6) is -2.35. The molecule has 100 valence electrons. The molecule has 0 aliphatic rings. The molecule has 0 spiro atoms. The van der Waals surface area contributed by atoms with Gasteiger partial charge in [-0.25, -0.2) is 9.18 Å². The minimum Gasteiger partial charge on any atom is -0.464 e. The van der Waals surface area contributed by atoms with Crippen LogP contribution in [0.3, 0.4) is 0 Å². The summed E-state index contributed by atoms with van der Waals surface area (Å²) in [6.07, 6.45) is 0. The maximum atomic E-state index is 13.1. The van der Waals surface area contributed by atoms with Gasteiger partial charge in [-0.1, -0.05) is 0 Å². The number of nitrogens with zero attached hydrogens (tertiary/aromatic N) is 1. The van der Waals surface area contributed by atoms with Gasteiger partial charge in [-0.15, -0.1) is 0 Å². The fourth-order valence-electron chi connectivity index (χ4n) is 1.25. The van der Waals surface area contributed by atoms with Crippen LogP contribution in [0.2, 0.25) is 0 Å². The highest BCUT2D eigenvalue weighted by molar-refractivity contribution is 6.08. The standard InChI is InChI=1S/C12H12FN3O3/c1-2-19-12(18)10(15)11(17)16-8-3-4-9(13)7(5-8)6-14/h3-5,10H,2,15H2,1H3,(H,16,17). The van der Waals surface area contributed by atoms with Gasteiger partial charge < -0.3 is 15.8 Å². The number of amides is 1. The van der Waals surface area contributed by atoms with Crippen LogP contribution >= 0.6 is 0 Å². The van der Waals surface area contributed by atoms with E-state index in [-0.39, 0.29) is 17.9 Å². The Kier molecular flexibility index (Phi) is 4.97. The third-order valence-electron chi connectivity index (χ3n) is 2.18. The molecule has 0 radical (unpaired) electrons. The van der Waals surface area contributed by atoms with Crippen molar-refractivity contribution in [2.24, 2.45) is 5.73 Å². The van der Waals surface area contributed by atoms with Crippen molar-refractivity contribution in [1.82, 2.24) is 0 Å². The zero-order valence-corrected chi connectivity index (χ0v) is 10.1. The van der Waals surface area contributed by atoms with Crippen LogP contribution < -0.4 is 11.1 Å². The highest BCUT2D eigenvalue weighted by Gasteiger charge is 2.23. The Morgan fingerprint density at radius 1 is 1.58 bits per heavy atom. The van der Waals surface area contributed by atoms with Gasteiger partial charge in [0.05, 0.1) is 12.2 Å². The van der Waals surface area contributed by atoms with E-state index in [0.717, 1.165) is 12.1 Å². The van der Waals surface area contributed by atoms with Crippen LogP contribution in [0.25, 0.3) is 0 Å². The Bertz CT molecular complexity index is 540. The number of carbonyl (C=O) groups is 2. The smallest absolute Gasteiger partial charge is 0.332 e. The van der Waals surface area contributed by atoms with Crippen molar-refractivity contribution in [2.45, 2.75) is 13.0 Å². The number of hydrogen-bond acceptors (Lipinski definition) is 5. The van der Waals surface area contributed by atoms with E-state index < -0.39 is 23.7 Å². The molecule has 0 fully saturated rings. The number of hydrogen-bond donors (Lipinski definition) is 2. The van der Waals surface area contributed by atoms with Crippen LogP contribution in [0.1, 0.15) is 12.5 Å². The van der Waals surface area contributed by atoms with Crippen LogP contribution in [-0.4, -0.2) is 24.5 Å². The maximum Gasteiger partial charge on any atom is 0.332 e. The average molecular weight is 265 g/mol. The molecule has 0 bridgehead atoms. The van der Waals surface area contributed by atoms with Gasteiger partial charge in [0.1, 0.15) is 11.9 Å². The second-order valence-corrected chi connectivity index (χ2v) is 3.53. The number of esters is 1. The van der Waals surface area contributed by atoms with Gasteiger partial charge in [-0.05, 0) is 25.1 Å². The number of ether oxygens (including phenoxy) is 1. The lowest BCUT2D eigenvalue weighted by Crippen LogP contribution is -2.43. The molecule has 7 heteroatoms. The van der Waals surface area contributed by atoms with Gasteiger partial charge in [0.25, 0.3) is 5.91 Å². The van der Waals surface area contributed by atoms with Crippen molar-refractivity contribution < 1.29 is 18.7 Å². The first-order valence-corrected chi connectivity index (χ1v) is 5.42. The van der Waals surface area contributed by atoms with Gasteiger partial charge >= 0.3 is 5.97 Å². The van der Waals surface area contributed by atoms with E-state index in [9.17, 15) is 14.0 Å². The molecule has 0 aliphatic carbocycles. The fourth-order valence-corrected chi connectivity index (χ4v) is 1.25. The molecular weight excluding hydrogens is 253 g/mol. The van der Waals surface area contributed by atoms with Gasteiger partial charge in [-0.3, -0.25) is 4.79 Å². The molecule has 1 aromatic rings. The molecule has 19 heavy (non-hydrogen) atoms. The summed E-state index contributed by atoms with van der Waals surface area (Å²) in [7, 11) is 0. The Hall–Kier alpha value is -2.46. The largest absolute Gasteiger partial charge is 0.464 e. The van der Waals surface area contributed by atoms with Gasteiger partial charge in [-0.2, -0.15) is 5.26 Å². The zero-order valence-electron chi connectivity index (χ0n) is 10.1. The normalized spacial score (nSPS) is 11.3. The number of carbonyl (C=O) groups excluding carboxylic acids is 2. The van der Waals surface area contributed by atoms with E-state index in [1.165, 1.54) is 6.07 Å². The van der Waals surface area contributed by atoms with Crippen LogP contribution in [-0.2, 0) is 14.3 Å². The highest BCUT2D eigenvalue weighted by Crippen LogP contribution is 2.14. The first-order chi connectivity index (χ1) is 8.99. The van der Waals surface area contributed by atoms with Gasteiger partial charge in [0.15, 0.2) is 6.04 Å². The summed E-state index contributed by atoms with van der Waals surface area (Å²) in [5.41, 5.74) is 5.32. The highest BCUT2D eigenvalue weighted by atomic mass is 19.1. The summed E-state index contributed by atoms with van der Waals surface area (Å²) in [5, 5.41) is 10.9. The summed E-state index contributed by atoms with van der Waals surface area (Å²) < 4.78 is 17.6. The summed E-state index contributed by atoms with van der Waals surface area (Å²) in [4.78, 5) is 22.8. The van der Waals surface area contributed by atoms with E-state index in [1.807, 2.05) is 0 Å². The van der Waals surface area contributed by atoms with Crippen molar-refractivity contribution in [3.8, 4) is 6.07 Å². The van der Waals surface area contributed by atoms with E-state index >= 15 is 0 Å². The Balaban J connectivity index is 2.77. The molecule has 1 atom stereocenters. The number of anilines is 1. The lowest BCUT2D eigenvalue weighted by molar-refractivity contribution is -0.146. The van der Waals surface area contributed by atoms with E-state index in [4.69, 9.17) is 11.0 Å². The van der Waals surface area contributed by atoms with E-state index in [2.05, 4.69) is 10.1 Å². The molecule has 0 heterocycles. The van der Waals surface area contributed by atoms with Crippen LogP contribution in [0.4, 0.5) is 10.1 Å². The lowest BCUT2D eigenvalue weighted by Gasteiger charge is -2.11. The van der Waals surface area contributed by atoms with Crippen molar-refractivity contribution in [3.63, 3.8) is 0 Å². The quantitative estimate of drug-likeness (QED) is 0.610. The predicted octanol–water partition coefficient (Wildman–Crippen LogP) is 0.526. The zero-order chi connectivity index (χ0) is 14.4. The summed E-state index contributed by atoms with van der Waals surface area (Å²) in [6.45, 7) is 1.69. The fraction of sp³-hybridized carbons (Fsp3) is 0.250. The van der Waals surface area contributed by atoms with Crippen molar-refractivity contribution in [2.75, 3.05) is 11.9 Å². The Morgan fingerprint density at radius 3 is 2.84 bits per heavy atom. The Labute approximate surface area is 109 Å². The van der Waals surface area contributed by atoms with Gasteiger partial charge in [0.2, 0.25) is 0 Å². The van der Waals surface area contributed by atoms with Gasteiger partial charge in [0, 0.05) is 5.69 Å². The minimum atomic E-state index is -1.48. The summed E-state index contributed by atoms with van der Waals surface area (Å²) >= 11 is 0. The van der Waals surface area contributed by atoms with Crippen LogP contribution in [0.15, 0.2) is 18.2 Å². The van der Waals surface area contributed by atoms with Crippen molar-refractivity contribution in [3.05, 3.63) is 29.6 Å².